The number of carbonyl (C=O) groups is 1. The predicted octanol–water partition coefficient (Wildman–Crippen LogP) is 1.80. The van der Waals surface area contributed by atoms with E-state index in [-0.39, 0.29) is 17.6 Å². The van der Waals surface area contributed by atoms with Crippen LogP contribution in [-0.2, 0) is 21.2 Å². The summed E-state index contributed by atoms with van der Waals surface area (Å²) in [6.07, 6.45) is 2.59. The van der Waals surface area contributed by atoms with E-state index in [0.717, 1.165) is 18.4 Å². The number of primary sulfonamides is 1. The van der Waals surface area contributed by atoms with Gasteiger partial charge in [0.25, 0.3) is 0 Å². The molecule has 1 aromatic carbocycles. The fourth-order valence-corrected chi connectivity index (χ4v) is 4.02. The van der Waals surface area contributed by atoms with Gasteiger partial charge in [-0.25, -0.2) is 13.6 Å². The van der Waals surface area contributed by atoms with Gasteiger partial charge in [0.2, 0.25) is 15.9 Å². The molecule has 1 heterocycles. The number of nitrogens with zero attached hydrogens (tertiary/aromatic N) is 1. The molecule has 2 N–H and O–H groups in total. The Morgan fingerprint density at radius 3 is 2.77 bits per heavy atom. The summed E-state index contributed by atoms with van der Waals surface area (Å²) >= 11 is 6.08. The lowest BCUT2D eigenvalue weighted by Crippen LogP contribution is -2.42. The van der Waals surface area contributed by atoms with E-state index in [1.807, 2.05) is 24.3 Å². The molecule has 0 bridgehead atoms. The monoisotopic (exact) mass is 344 g/mol. The molecule has 1 aliphatic rings. The Hall–Kier alpha value is -1.11. The Morgan fingerprint density at radius 2 is 2.09 bits per heavy atom. The largest absolute Gasteiger partial charge is 0.342 e. The Bertz CT molecular complexity index is 633. The number of hydrogen-bond donors (Lipinski definition) is 1. The molecule has 0 aromatic heterocycles. The maximum Gasteiger partial charge on any atom is 0.222 e. The Labute approximate surface area is 136 Å². The summed E-state index contributed by atoms with van der Waals surface area (Å²) in [5.74, 6) is -0.0755. The zero-order valence-electron chi connectivity index (χ0n) is 12.4. The summed E-state index contributed by atoms with van der Waals surface area (Å²) < 4.78 is 22.4. The van der Waals surface area contributed by atoms with Gasteiger partial charge in [0, 0.05) is 24.5 Å². The van der Waals surface area contributed by atoms with E-state index in [4.69, 9.17) is 16.7 Å². The first-order valence-electron chi connectivity index (χ1n) is 7.37. The summed E-state index contributed by atoms with van der Waals surface area (Å²) in [7, 11) is -3.49. The molecule has 1 saturated heterocycles. The van der Waals surface area contributed by atoms with Crippen molar-refractivity contribution in [2.24, 2.45) is 11.1 Å². The fraction of sp³-hybridized carbons (Fsp3) is 0.533. The van der Waals surface area contributed by atoms with Gasteiger partial charge in [0.05, 0.1) is 5.75 Å². The number of likely N-dealkylation sites (tertiary alicyclic amines) is 1. The van der Waals surface area contributed by atoms with Crippen LogP contribution in [-0.4, -0.2) is 38.1 Å². The Kier molecular flexibility index (Phi) is 5.83. The molecule has 22 heavy (non-hydrogen) atoms. The van der Waals surface area contributed by atoms with Gasteiger partial charge in [-0.15, -0.1) is 0 Å². The normalized spacial score (nSPS) is 19.2. The van der Waals surface area contributed by atoms with Crippen molar-refractivity contribution in [2.45, 2.75) is 25.7 Å². The summed E-state index contributed by atoms with van der Waals surface area (Å²) in [6.45, 7) is 1.15. The van der Waals surface area contributed by atoms with E-state index in [1.165, 1.54) is 0 Å². The van der Waals surface area contributed by atoms with E-state index in [2.05, 4.69) is 0 Å². The van der Waals surface area contributed by atoms with Crippen molar-refractivity contribution in [3.8, 4) is 0 Å². The molecular formula is C15H21ClN2O3S. The number of sulfonamides is 1. The highest BCUT2D eigenvalue weighted by Gasteiger charge is 2.26. The van der Waals surface area contributed by atoms with Crippen LogP contribution < -0.4 is 5.14 Å². The van der Waals surface area contributed by atoms with Crippen LogP contribution in [0.25, 0.3) is 0 Å². The fourth-order valence-electron chi connectivity index (χ4n) is 2.86. The second-order valence-electron chi connectivity index (χ2n) is 5.77. The highest BCUT2D eigenvalue weighted by atomic mass is 35.5. The molecular weight excluding hydrogens is 324 g/mol. The molecule has 1 unspecified atom stereocenters. The third-order valence-electron chi connectivity index (χ3n) is 3.91. The third-order valence-corrected chi connectivity index (χ3v) is 5.21. The first-order valence-corrected chi connectivity index (χ1v) is 9.46. The van der Waals surface area contributed by atoms with E-state index in [1.54, 1.807) is 4.90 Å². The van der Waals surface area contributed by atoms with Crippen LogP contribution in [0.1, 0.15) is 24.8 Å². The number of piperidine rings is 1. The molecule has 0 aliphatic carbocycles. The minimum Gasteiger partial charge on any atom is -0.342 e. The summed E-state index contributed by atoms with van der Waals surface area (Å²) in [4.78, 5) is 14.0. The molecule has 0 saturated carbocycles. The number of amides is 1. The molecule has 7 heteroatoms. The van der Waals surface area contributed by atoms with E-state index >= 15 is 0 Å². The Balaban J connectivity index is 1.88. The second-order valence-corrected chi connectivity index (χ2v) is 7.84. The molecule has 122 valence electrons. The molecule has 0 radical (unpaired) electrons. The molecule has 1 amide bonds. The summed E-state index contributed by atoms with van der Waals surface area (Å²) in [5.41, 5.74) is 0.954. The van der Waals surface area contributed by atoms with Gasteiger partial charge in [-0.3, -0.25) is 4.79 Å². The van der Waals surface area contributed by atoms with Gasteiger partial charge in [-0.2, -0.15) is 0 Å². The van der Waals surface area contributed by atoms with E-state index in [9.17, 15) is 13.2 Å². The van der Waals surface area contributed by atoms with Crippen molar-refractivity contribution < 1.29 is 13.2 Å². The number of rotatable bonds is 5. The van der Waals surface area contributed by atoms with Crippen molar-refractivity contribution in [2.75, 3.05) is 18.8 Å². The number of aryl methyl sites for hydroxylation is 1. The van der Waals surface area contributed by atoms with Gasteiger partial charge < -0.3 is 4.90 Å². The van der Waals surface area contributed by atoms with Crippen LogP contribution >= 0.6 is 11.6 Å². The second kappa shape index (κ2) is 7.44. The lowest BCUT2D eigenvalue weighted by Gasteiger charge is -2.32. The number of nitrogens with two attached hydrogens (primary N) is 1. The first-order chi connectivity index (χ1) is 10.3. The van der Waals surface area contributed by atoms with Crippen molar-refractivity contribution in [3.63, 3.8) is 0 Å². The third kappa shape index (κ3) is 5.26. The Morgan fingerprint density at radius 1 is 1.36 bits per heavy atom. The van der Waals surface area contributed by atoms with Crippen molar-refractivity contribution in [3.05, 3.63) is 34.9 Å². The number of benzene rings is 1. The molecule has 1 aromatic rings. The molecule has 1 fully saturated rings. The number of hydrogen-bond acceptors (Lipinski definition) is 3. The predicted molar refractivity (Wildman–Crippen MR) is 87.1 cm³/mol. The quantitative estimate of drug-likeness (QED) is 0.884. The van der Waals surface area contributed by atoms with Crippen molar-refractivity contribution >= 4 is 27.5 Å². The number of carbonyl (C=O) groups excluding carboxylic acids is 1. The van der Waals surface area contributed by atoms with Gasteiger partial charge in [-0.05, 0) is 36.8 Å². The molecule has 1 atom stereocenters. The smallest absolute Gasteiger partial charge is 0.222 e. The van der Waals surface area contributed by atoms with Crippen molar-refractivity contribution in [1.82, 2.24) is 4.90 Å². The highest BCUT2D eigenvalue weighted by molar-refractivity contribution is 7.89. The average Bonchev–Trinajstić information content (AvgIpc) is 2.44. The van der Waals surface area contributed by atoms with Gasteiger partial charge in [0.15, 0.2) is 0 Å². The zero-order chi connectivity index (χ0) is 16.2. The van der Waals surface area contributed by atoms with Crippen LogP contribution in [0.5, 0.6) is 0 Å². The summed E-state index contributed by atoms with van der Waals surface area (Å²) in [5, 5.41) is 5.76. The minimum atomic E-state index is -3.49. The van der Waals surface area contributed by atoms with Crippen LogP contribution in [0.15, 0.2) is 24.3 Å². The summed E-state index contributed by atoms with van der Waals surface area (Å²) in [6, 6.07) is 7.48. The van der Waals surface area contributed by atoms with Crippen LogP contribution in [0.4, 0.5) is 0 Å². The molecule has 0 spiro atoms. The maximum atomic E-state index is 12.3. The van der Waals surface area contributed by atoms with E-state index in [0.29, 0.717) is 31.0 Å². The molecule has 2 rings (SSSR count). The lowest BCUT2D eigenvalue weighted by atomic mass is 9.99. The van der Waals surface area contributed by atoms with Crippen LogP contribution in [0, 0.1) is 5.92 Å². The molecule has 1 aliphatic heterocycles. The lowest BCUT2D eigenvalue weighted by molar-refractivity contribution is -0.132. The van der Waals surface area contributed by atoms with Gasteiger partial charge in [0.1, 0.15) is 0 Å². The van der Waals surface area contributed by atoms with Gasteiger partial charge in [-0.1, -0.05) is 29.8 Å². The van der Waals surface area contributed by atoms with Crippen LogP contribution in [0.2, 0.25) is 5.02 Å². The zero-order valence-corrected chi connectivity index (χ0v) is 13.9. The molecule has 5 nitrogen and oxygen atoms in total. The minimum absolute atomic E-state index is 0.0408. The van der Waals surface area contributed by atoms with Crippen molar-refractivity contribution in [1.29, 1.82) is 0 Å². The maximum absolute atomic E-state index is 12.3. The standard InChI is InChI=1S/C15H21ClN2O3S/c16-14-6-2-1-5-13(14)7-8-15(19)18-9-3-4-12(10-18)11-22(17,20)21/h1-2,5-6,12H,3-4,7-11H2,(H2,17,20,21). The highest BCUT2D eigenvalue weighted by Crippen LogP contribution is 2.20. The topological polar surface area (TPSA) is 80.5 Å². The van der Waals surface area contributed by atoms with Gasteiger partial charge >= 0.3 is 0 Å². The SMILES string of the molecule is NS(=O)(=O)CC1CCCN(C(=O)CCc2ccccc2Cl)C1. The average molecular weight is 345 g/mol. The first kappa shape index (κ1) is 17.2. The van der Waals surface area contributed by atoms with Crippen LogP contribution in [0.3, 0.4) is 0 Å². The number of halogens is 1. The van der Waals surface area contributed by atoms with E-state index < -0.39 is 10.0 Å².